The third-order valence-corrected chi connectivity index (χ3v) is 5.22. The van der Waals surface area contributed by atoms with E-state index in [9.17, 15) is 0 Å². The van der Waals surface area contributed by atoms with Gasteiger partial charge < -0.3 is 5.32 Å². The predicted octanol–water partition coefficient (Wildman–Crippen LogP) is 4.90. The highest BCUT2D eigenvalue weighted by atomic mass is 79.9. The summed E-state index contributed by atoms with van der Waals surface area (Å²) in [5, 5.41) is 21.2. The Bertz CT molecular complexity index is 1000. The van der Waals surface area contributed by atoms with Crippen molar-refractivity contribution in [1.29, 1.82) is 0 Å². The molecule has 4 rings (SSSR count). The maximum atomic E-state index is 6.08. The van der Waals surface area contributed by atoms with Gasteiger partial charge in [-0.3, -0.25) is 0 Å². The minimum absolute atomic E-state index is 0.628. The van der Waals surface area contributed by atoms with Gasteiger partial charge >= 0.3 is 0 Å². The fourth-order valence-electron chi connectivity index (χ4n) is 2.00. The number of fused-ring (bicyclic) bond motifs is 1. The molecule has 0 aliphatic carbocycles. The zero-order valence-electron chi connectivity index (χ0n) is 11.3. The van der Waals surface area contributed by atoms with E-state index < -0.39 is 0 Å². The first-order valence-corrected chi connectivity index (χ1v) is 8.46. The van der Waals surface area contributed by atoms with Gasteiger partial charge in [0.2, 0.25) is 5.13 Å². The van der Waals surface area contributed by atoms with Gasteiger partial charge in [-0.15, -0.1) is 10.2 Å². The maximum absolute atomic E-state index is 6.08. The van der Waals surface area contributed by atoms with Gasteiger partial charge in [-0.2, -0.15) is 0 Å². The molecule has 1 N–H and O–H groups in total. The van der Waals surface area contributed by atoms with Gasteiger partial charge in [0.15, 0.2) is 0 Å². The van der Waals surface area contributed by atoms with Crippen molar-refractivity contribution in [2.75, 3.05) is 5.32 Å². The molecule has 0 aliphatic heterocycles. The topological polar surface area (TPSA) is 76.7 Å². The van der Waals surface area contributed by atoms with E-state index in [-0.39, 0.29) is 0 Å². The summed E-state index contributed by atoms with van der Waals surface area (Å²) in [6.45, 7) is 0. The van der Waals surface area contributed by atoms with E-state index in [1.807, 2.05) is 36.4 Å². The minimum Gasteiger partial charge on any atom is -0.330 e. The molecule has 2 heterocycles. The first-order chi connectivity index (χ1) is 11.2. The molecule has 0 spiro atoms. The van der Waals surface area contributed by atoms with Crippen LogP contribution in [0.25, 0.3) is 21.6 Å². The first kappa shape index (κ1) is 14.6. The van der Waals surface area contributed by atoms with Gasteiger partial charge in [0.05, 0.1) is 5.02 Å². The monoisotopic (exact) mass is 407 g/mol. The van der Waals surface area contributed by atoms with E-state index in [0.717, 1.165) is 20.7 Å². The van der Waals surface area contributed by atoms with Gasteiger partial charge in [-0.25, -0.2) is 4.63 Å². The molecule has 0 saturated carbocycles. The van der Waals surface area contributed by atoms with Crippen LogP contribution in [0.3, 0.4) is 0 Å². The molecule has 0 unspecified atom stereocenters. The van der Waals surface area contributed by atoms with Gasteiger partial charge in [-0.05, 0) is 62.6 Å². The van der Waals surface area contributed by atoms with E-state index in [2.05, 4.69) is 41.8 Å². The summed E-state index contributed by atoms with van der Waals surface area (Å²) >= 11 is 10.9. The average molecular weight is 409 g/mol. The SMILES string of the molecule is Clc1cc(Nc2nnc(-c3ccc4nonc4c3)s2)ccc1Br. The standard InChI is InChI=1S/C14H7BrClN5OS/c15-9-3-2-8(6-10(9)16)17-14-19-18-13(23-14)7-1-4-11-12(5-7)21-22-20-11/h1-6H,(H,17,19). The van der Waals surface area contributed by atoms with E-state index in [0.29, 0.717) is 21.2 Å². The van der Waals surface area contributed by atoms with Crippen molar-refractivity contribution >= 4 is 60.7 Å². The largest absolute Gasteiger partial charge is 0.330 e. The Balaban J connectivity index is 1.61. The van der Waals surface area contributed by atoms with Crippen LogP contribution < -0.4 is 5.32 Å². The minimum atomic E-state index is 0.628. The third kappa shape index (κ3) is 2.92. The summed E-state index contributed by atoms with van der Waals surface area (Å²) in [7, 11) is 0. The third-order valence-electron chi connectivity index (χ3n) is 3.10. The Hall–Kier alpha value is -2.03. The van der Waals surface area contributed by atoms with Crippen LogP contribution in [-0.4, -0.2) is 20.5 Å². The Morgan fingerprint density at radius 1 is 1.04 bits per heavy atom. The molecule has 0 fully saturated rings. The van der Waals surface area contributed by atoms with Crippen LogP contribution in [0.15, 0.2) is 45.5 Å². The number of aromatic nitrogens is 4. The van der Waals surface area contributed by atoms with Crippen molar-refractivity contribution in [2.45, 2.75) is 0 Å². The maximum Gasteiger partial charge on any atom is 0.210 e. The Kier molecular flexibility index (Phi) is 3.72. The zero-order valence-corrected chi connectivity index (χ0v) is 14.5. The van der Waals surface area contributed by atoms with Crippen molar-refractivity contribution in [1.82, 2.24) is 20.5 Å². The molecule has 4 aromatic rings. The Labute approximate surface area is 147 Å². The second-order valence-corrected chi connectivity index (χ2v) is 6.87. The molecule has 2 aromatic heterocycles. The molecule has 114 valence electrons. The van der Waals surface area contributed by atoms with E-state index in [1.54, 1.807) is 0 Å². The van der Waals surface area contributed by atoms with Gasteiger partial charge in [0.25, 0.3) is 0 Å². The average Bonchev–Trinajstić information content (AvgIpc) is 3.19. The van der Waals surface area contributed by atoms with E-state index in [4.69, 9.17) is 16.2 Å². The van der Waals surface area contributed by atoms with Crippen LogP contribution in [0.4, 0.5) is 10.8 Å². The van der Waals surface area contributed by atoms with Gasteiger partial charge in [0.1, 0.15) is 16.0 Å². The number of anilines is 2. The molecule has 2 aromatic carbocycles. The zero-order chi connectivity index (χ0) is 15.8. The fourth-order valence-corrected chi connectivity index (χ4v) is 3.19. The second-order valence-electron chi connectivity index (χ2n) is 4.63. The molecule has 6 nitrogen and oxygen atoms in total. The smallest absolute Gasteiger partial charge is 0.210 e. The molecular formula is C14H7BrClN5OS. The number of halogens is 2. The highest BCUT2D eigenvalue weighted by molar-refractivity contribution is 9.10. The number of rotatable bonds is 3. The second kappa shape index (κ2) is 5.88. The van der Waals surface area contributed by atoms with Crippen LogP contribution >= 0.6 is 38.9 Å². The highest BCUT2D eigenvalue weighted by Crippen LogP contribution is 2.31. The summed E-state index contributed by atoms with van der Waals surface area (Å²) in [6.07, 6.45) is 0. The molecule has 9 heteroatoms. The molecule has 0 amide bonds. The number of hydrogen-bond acceptors (Lipinski definition) is 7. The van der Waals surface area contributed by atoms with Crippen molar-refractivity contribution in [3.05, 3.63) is 45.9 Å². The van der Waals surface area contributed by atoms with Crippen LogP contribution in [0.5, 0.6) is 0 Å². The summed E-state index contributed by atoms with van der Waals surface area (Å²) in [5.41, 5.74) is 3.15. The predicted molar refractivity (Wildman–Crippen MR) is 93.1 cm³/mol. The normalized spacial score (nSPS) is 11.0. The van der Waals surface area contributed by atoms with Gasteiger partial charge in [0, 0.05) is 15.7 Å². The summed E-state index contributed by atoms with van der Waals surface area (Å²) in [4.78, 5) is 0. The summed E-state index contributed by atoms with van der Waals surface area (Å²) in [5.74, 6) is 0. The number of benzene rings is 2. The van der Waals surface area contributed by atoms with Crippen molar-refractivity contribution in [2.24, 2.45) is 0 Å². The van der Waals surface area contributed by atoms with Crippen LogP contribution in [0.2, 0.25) is 5.02 Å². The lowest BCUT2D eigenvalue weighted by molar-refractivity contribution is 0.315. The van der Waals surface area contributed by atoms with E-state index in [1.165, 1.54) is 11.3 Å². The van der Waals surface area contributed by atoms with Crippen LogP contribution in [0.1, 0.15) is 0 Å². The Morgan fingerprint density at radius 2 is 1.91 bits per heavy atom. The molecule has 0 atom stereocenters. The fraction of sp³-hybridized carbons (Fsp3) is 0. The quantitative estimate of drug-likeness (QED) is 0.519. The van der Waals surface area contributed by atoms with Crippen LogP contribution in [-0.2, 0) is 0 Å². The van der Waals surface area contributed by atoms with Crippen molar-refractivity contribution in [3.8, 4) is 10.6 Å². The number of nitrogens with zero attached hydrogens (tertiary/aromatic N) is 4. The van der Waals surface area contributed by atoms with Crippen molar-refractivity contribution in [3.63, 3.8) is 0 Å². The first-order valence-electron chi connectivity index (χ1n) is 6.47. The summed E-state index contributed by atoms with van der Waals surface area (Å²) in [6, 6.07) is 11.2. The highest BCUT2D eigenvalue weighted by Gasteiger charge is 2.10. The van der Waals surface area contributed by atoms with Crippen molar-refractivity contribution < 1.29 is 4.63 Å². The lowest BCUT2D eigenvalue weighted by Gasteiger charge is -2.03. The van der Waals surface area contributed by atoms with E-state index >= 15 is 0 Å². The molecular weight excluding hydrogens is 402 g/mol. The summed E-state index contributed by atoms with van der Waals surface area (Å²) < 4.78 is 5.54. The lowest BCUT2D eigenvalue weighted by atomic mass is 10.2. The molecule has 0 aliphatic rings. The van der Waals surface area contributed by atoms with Crippen LogP contribution in [0, 0.1) is 0 Å². The lowest BCUT2D eigenvalue weighted by Crippen LogP contribution is -1.89. The molecule has 0 radical (unpaired) electrons. The molecule has 0 bridgehead atoms. The molecule has 0 saturated heterocycles. The Morgan fingerprint density at radius 3 is 2.78 bits per heavy atom. The van der Waals surface area contributed by atoms with Gasteiger partial charge in [-0.1, -0.05) is 22.9 Å². The molecule has 23 heavy (non-hydrogen) atoms. The number of nitrogens with one attached hydrogen (secondary N) is 1. The number of hydrogen-bond donors (Lipinski definition) is 1.